The number of rotatable bonds is 5. The van der Waals surface area contributed by atoms with Crippen LogP contribution in [0.4, 0.5) is 4.39 Å². The van der Waals surface area contributed by atoms with Gasteiger partial charge in [-0.05, 0) is 43.1 Å². The molecule has 0 amide bonds. The summed E-state index contributed by atoms with van der Waals surface area (Å²) in [5.41, 5.74) is 3.00. The number of hydrogen-bond acceptors (Lipinski definition) is 1. The van der Waals surface area contributed by atoms with Crippen molar-refractivity contribution in [3.8, 4) is 0 Å². The van der Waals surface area contributed by atoms with Crippen molar-refractivity contribution in [2.75, 3.05) is 7.05 Å². The number of aryl methyl sites for hydroxylation is 1. The van der Waals surface area contributed by atoms with E-state index in [1.165, 1.54) is 11.6 Å². The lowest BCUT2D eigenvalue weighted by atomic mass is 9.97. The summed E-state index contributed by atoms with van der Waals surface area (Å²) in [4.78, 5) is 0. The van der Waals surface area contributed by atoms with E-state index in [0.717, 1.165) is 12.0 Å². The van der Waals surface area contributed by atoms with Crippen molar-refractivity contribution < 1.29 is 4.39 Å². The molecule has 0 saturated heterocycles. The average molecular weight is 292 g/mol. The van der Waals surface area contributed by atoms with Gasteiger partial charge in [-0.2, -0.15) is 0 Å². The molecule has 0 spiro atoms. The first-order chi connectivity index (χ1) is 9.65. The van der Waals surface area contributed by atoms with Gasteiger partial charge < -0.3 is 5.32 Å². The molecule has 1 N–H and O–H groups in total. The molecule has 0 fully saturated rings. The second-order valence-electron chi connectivity index (χ2n) is 4.84. The molecular weight excluding hydrogens is 273 g/mol. The van der Waals surface area contributed by atoms with Crippen molar-refractivity contribution in [2.24, 2.45) is 0 Å². The summed E-state index contributed by atoms with van der Waals surface area (Å²) < 4.78 is 13.9. The van der Waals surface area contributed by atoms with Crippen LogP contribution in [0.1, 0.15) is 29.7 Å². The normalized spacial score (nSPS) is 12.4. The summed E-state index contributed by atoms with van der Waals surface area (Å²) in [5, 5.41) is 3.72. The summed E-state index contributed by atoms with van der Waals surface area (Å²) in [6.45, 7) is 2.13. The van der Waals surface area contributed by atoms with Crippen LogP contribution in [0.2, 0.25) is 5.02 Å². The molecule has 2 aromatic carbocycles. The summed E-state index contributed by atoms with van der Waals surface area (Å²) in [6, 6.07) is 13.3. The van der Waals surface area contributed by atoms with E-state index in [1.54, 1.807) is 12.1 Å². The Hall–Kier alpha value is -1.38. The van der Waals surface area contributed by atoms with Gasteiger partial charge in [0.25, 0.3) is 0 Å². The van der Waals surface area contributed by atoms with Crippen molar-refractivity contribution in [1.29, 1.82) is 0 Å². The van der Waals surface area contributed by atoms with Crippen molar-refractivity contribution in [3.05, 3.63) is 70.0 Å². The van der Waals surface area contributed by atoms with E-state index in [0.29, 0.717) is 17.0 Å². The van der Waals surface area contributed by atoms with E-state index >= 15 is 0 Å². The third-order valence-electron chi connectivity index (χ3n) is 3.61. The van der Waals surface area contributed by atoms with Gasteiger partial charge in [-0.15, -0.1) is 0 Å². The highest BCUT2D eigenvalue weighted by molar-refractivity contribution is 6.31. The minimum Gasteiger partial charge on any atom is -0.313 e. The summed E-state index contributed by atoms with van der Waals surface area (Å²) in [5.74, 6) is -0.247. The second kappa shape index (κ2) is 6.87. The van der Waals surface area contributed by atoms with Crippen molar-refractivity contribution in [2.45, 2.75) is 25.8 Å². The molecule has 20 heavy (non-hydrogen) atoms. The highest BCUT2D eigenvalue weighted by Crippen LogP contribution is 2.25. The lowest BCUT2D eigenvalue weighted by Crippen LogP contribution is -2.19. The van der Waals surface area contributed by atoms with E-state index < -0.39 is 0 Å². The topological polar surface area (TPSA) is 12.0 Å². The van der Waals surface area contributed by atoms with Crippen molar-refractivity contribution >= 4 is 11.6 Å². The lowest BCUT2D eigenvalue weighted by molar-refractivity contribution is 0.554. The molecule has 0 aromatic heterocycles. The standard InChI is InChI=1S/C17H19ClFN/c1-3-12-7-9-13(10-8-12)17(20-2)11-14-15(18)5-4-6-16(14)19/h4-10,17,20H,3,11H2,1-2H3. The van der Waals surface area contributed by atoms with Gasteiger partial charge in [0, 0.05) is 16.6 Å². The molecule has 0 aliphatic rings. The van der Waals surface area contributed by atoms with Crippen molar-refractivity contribution in [3.63, 3.8) is 0 Å². The quantitative estimate of drug-likeness (QED) is 0.852. The van der Waals surface area contributed by atoms with Crippen LogP contribution in [-0.2, 0) is 12.8 Å². The van der Waals surface area contributed by atoms with E-state index in [-0.39, 0.29) is 11.9 Å². The number of hydrogen-bond donors (Lipinski definition) is 1. The van der Waals surface area contributed by atoms with Gasteiger partial charge in [-0.3, -0.25) is 0 Å². The zero-order chi connectivity index (χ0) is 14.5. The van der Waals surface area contributed by atoms with Gasteiger partial charge in [-0.25, -0.2) is 4.39 Å². The van der Waals surface area contributed by atoms with Gasteiger partial charge in [0.15, 0.2) is 0 Å². The molecular formula is C17H19ClFN. The smallest absolute Gasteiger partial charge is 0.127 e. The van der Waals surface area contributed by atoms with Crippen LogP contribution >= 0.6 is 11.6 Å². The maximum atomic E-state index is 13.9. The van der Waals surface area contributed by atoms with E-state index in [9.17, 15) is 4.39 Å². The first-order valence-corrected chi connectivity index (χ1v) is 7.22. The van der Waals surface area contributed by atoms with E-state index in [1.807, 2.05) is 7.05 Å². The Morgan fingerprint density at radius 1 is 1.15 bits per heavy atom. The summed E-state index contributed by atoms with van der Waals surface area (Å²) in [7, 11) is 1.88. The predicted octanol–water partition coefficient (Wildman–Crippen LogP) is 4.54. The molecule has 0 bridgehead atoms. The van der Waals surface area contributed by atoms with Gasteiger partial charge in [0.2, 0.25) is 0 Å². The number of nitrogens with one attached hydrogen (secondary N) is 1. The fourth-order valence-corrected chi connectivity index (χ4v) is 2.54. The molecule has 106 valence electrons. The largest absolute Gasteiger partial charge is 0.313 e. The SMILES string of the molecule is CCc1ccc(C(Cc2c(F)cccc2Cl)NC)cc1. The molecule has 2 aromatic rings. The zero-order valence-corrected chi connectivity index (χ0v) is 12.5. The molecule has 2 rings (SSSR count). The molecule has 1 atom stereocenters. The molecule has 0 saturated carbocycles. The van der Waals surface area contributed by atoms with Gasteiger partial charge in [0.1, 0.15) is 5.82 Å². The van der Waals surface area contributed by atoms with Crippen LogP contribution in [0.25, 0.3) is 0 Å². The summed E-state index contributed by atoms with van der Waals surface area (Å²) in [6.07, 6.45) is 1.55. The first kappa shape index (κ1) is 15.0. The van der Waals surface area contributed by atoms with Crippen LogP contribution in [0.3, 0.4) is 0 Å². The minimum absolute atomic E-state index is 0.0512. The average Bonchev–Trinajstić information content (AvgIpc) is 2.47. The van der Waals surface area contributed by atoms with Crippen LogP contribution in [0.5, 0.6) is 0 Å². The molecule has 1 unspecified atom stereocenters. The Morgan fingerprint density at radius 3 is 2.40 bits per heavy atom. The highest BCUT2D eigenvalue weighted by atomic mass is 35.5. The molecule has 0 heterocycles. The van der Waals surface area contributed by atoms with Crippen LogP contribution in [-0.4, -0.2) is 7.05 Å². The zero-order valence-electron chi connectivity index (χ0n) is 11.8. The van der Waals surface area contributed by atoms with Crippen LogP contribution in [0.15, 0.2) is 42.5 Å². The second-order valence-corrected chi connectivity index (χ2v) is 5.25. The molecule has 0 aliphatic carbocycles. The highest BCUT2D eigenvalue weighted by Gasteiger charge is 2.15. The molecule has 3 heteroatoms. The molecule has 0 radical (unpaired) electrons. The minimum atomic E-state index is -0.247. The molecule has 1 nitrogen and oxygen atoms in total. The Balaban J connectivity index is 2.24. The van der Waals surface area contributed by atoms with E-state index in [4.69, 9.17) is 11.6 Å². The Bertz CT molecular complexity index is 545. The third-order valence-corrected chi connectivity index (χ3v) is 3.96. The monoisotopic (exact) mass is 291 g/mol. The fourth-order valence-electron chi connectivity index (χ4n) is 2.30. The van der Waals surface area contributed by atoms with Gasteiger partial charge >= 0.3 is 0 Å². The Labute approximate surface area is 124 Å². The number of likely N-dealkylation sites (N-methyl/N-ethyl adjacent to an activating group) is 1. The Kier molecular flexibility index (Phi) is 5.16. The molecule has 0 aliphatic heterocycles. The van der Waals surface area contributed by atoms with E-state index in [2.05, 4.69) is 36.5 Å². The van der Waals surface area contributed by atoms with Gasteiger partial charge in [0.05, 0.1) is 0 Å². The Morgan fingerprint density at radius 2 is 1.85 bits per heavy atom. The maximum absolute atomic E-state index is 13.9. The van der Waals surface area contributed by atoms with Crippen molar-refractivity contribution in [1.82, 2.24) is 5.32 Å². The lowest BCUT2D eigenvalue weighted by Gasteiger charge is -2.18. The number of benzene rings is 2. The van der Waals surface area contributed by atoms with Crippen LogP contribution in [0, 0.1) is 5.82 Å². The maximum Gasteiger partial charge on any atom is 0.127 e. The first-order valence-electron chi connectivity index (χ1n) is 6.84. The third kappa shape index (κ3) is 3.38. The van der Waals surface area contributed by atoms with Crippen LogP contribution < -0.4 is 5.32 Å². The summed E-state index contributed by atoms with van der Waals surface area (Å²) >= 11 is 6.10. The predicted molar refractivity (Wildman–Crippen MR) is 82.7 cm³/mol. The fraction of sp³-hybridized carbons (Fsp3) is 0.294. The number of halogens is 2. The van der Waals surface area contributed by atoms with Gasteiger partial charge in [-0.1, -0.05) is 48.9 Å².